The van der Waals surface area contributed by atoms with E-state index in [0.29, 0.717) is 5.92 Å². The fourth-order valence-corrected chi connectivity index (χ4v) is 2.35. The van der Waals surface area contributed by atoms with Crippen LogP contribution in [0.3, 0.4) is 0 Å². The fourth-order valence-electron chi connectivity index (χ4n) is 2.35. The molecule has 3 heteroatoms. The zero-order valence-electron chi connectivity index (χ0n) is 13.1. The third-order valence-corrected chi connectivity index (χ3v) is 3.54. The maximum absolute atomic E-state index is 12.0. The minimum absolute atomic E-state index is 0.0422. The Morgan fingerprint density at radius 2 is 1.75 bits per heavy atom. The molecule has 1 rings (SSSR count). The van der Waals surface area contributed by atoms with E-state index in [9.17, 15) is 4.79 Å². The van der Waals surface area contributed by atoms with Crippen molar-refractivity contribution in [3.05, 3.63) is 35.9 Å². The molecule has 1 aromatic rings. The van der Waals surface area contributed by atoms with Crippen LogP contribution < -0.4 is 5.32 Å². The summed E-state index contributed by atoms with van der Waals surface area (Å²) in [6, 6.07) is 10.2. The molecule has 0 fully saturated rings. The topological polar surface area (TPSA) is 38.3 Å². The van der Waals surface area contributed by atoms with Gasteiger partial charge in [0.15, 0.2) is 0 Å². The summed E-state index contributed by atoms with van der Waals surface area (Å²) in [7, 11) is 0. The number of hydrogen-bond donors (Lipinski definition) is 1. The number of nitrogens with one attached hydrogen (secondary N) is 1. The summed E-state index contributed by atoms with van der Waals surface area (Å²) in [5.74, 6) is 0.403. The van der Waals surface area contributed by atoms with Crippen molar-refractivity contribution in [3.63, 3.8) is 0 Å². The van der Waals surface area contributed by atoms with Gasteiger partial charge in [0.1, 0.15) is 6.61 Å². The van der Waals surface area contributed by atoms with Crippen LogP contribution in [0, 0.1) is 5.92 Å². The van der Waals surface area contributed by atoms with Gasteiger partial charge in [-0.2, -0.15) is 0 Å². The molecule has 0 saturated carbocycles. The lowest BCUT2D eigenvalue weighted by atomic mass is 9.89. The summed E-state index contributed by atoms with van der Waals surface area (Å²) in [4.78, 5) is 12.0. The van der Waals surface area contributed by atoms with Crippen LogP contribution in [0.15, 0.2) is 30.3 Å². The number of carbonyl (C=O) groups excluding carboxylic acids is 1. The Labute approximate surface area is 122 Å². The molecule has 0 aliphatic rings. The minimum atomic E-state index is -0.0422. The van der Waals surface area contributed by atoms with E-state index in [2.05, 4.69) is 31.3 Å². The summed E-state index contributed by atoms with van der Waals surface area (Å²) in [5.41, 5.74) is 1.17. The van der Waals surface area contributed by atoms with E-state index in [1.165, 1.54) is 5.56 Å². The van der Waals surface area contributed by atoms with Crippen LogP contribution in [0.4, 0.5) is 0 Å². The van der Waals surface area contributed by atoms with Gasteiger partial charge in [-0.15, -0.1) is 0 Å². The van der Waals surface area contributed by atoms with Crippen LogP contribution in [0.1, 0.15) is 52.1 Å². The van der Waals surface area contributed by atoms with Crippen molar-refractivity contribution in [1.82, 2.24) is 5.32 Å². The van der Waals surface area contributed by atoms with Crippen LogP contribution in [-0.4, -0.2) is 18.6 Å². The summed E-state index contributed by atoms with van der Waals surface area (Å²) in [6.45, 7) is 8.33. The van der Waals surface area contributed by atoms with Gasteiger partial charge in [-0.1, -0.05) is 57.0 Å². The molecular formula is C17H27NO2. The minimum Gasteiger partial charge on any atom is -0.369 e. The molecule has 0 radical (unpaired) electrons. The zero-order valence-corrected chi connectivity index (χ0v) is 13.1. The number of hydrogen-bond acceptors (Lipinski definition) is 2. The highest BCUT2D eigenvalue weighted by atomic mass is 16.5. The lowest BCUT2D eigenvalue weighted by molar-refractivity contribution is -0.128. The molecule has 0 bridgehead atoms. The zero-order chi connectivity index (χ0) is 15.0. The average molecular weight is 277 g/mol. The first-order valence-electron chi connectivity index (χ1n) is 7.54. The van der Waals surface area contributed by atoms with E-state index in [1.54, 1.807) is 0 Å². The average Bonchev–Trinajstić information content (AvgIpc) is 2.46. The van der Waals surface area contributed by atoms with Crippen molar-refractivity contribution in [3.8, 4) is 0 Å². The lowest BCUT2D eigenvalue weighted by Gasteiger charge is -2.27. The van der Waals surface area contributed by atoms with E-state index >= 15 is 0 Å². The van der Waals surface area contributed by atoms with Crippen molar-refractivity contribution in [2.45, 2.75) is 52.7 Å². The second-order valence-electron chi connectivity index (χ2n) is 5.39. The van der Waals surface area contributed by atoms with Crippen LogP contribution in [0.5, 0.6) is 0 Å². The van der Waals surface area contributed by atoms with E-state index in [4.69, 9.17) is 4.74 Å². The normalized spacial score (nSPS) is 12.7. The highest BCUT2D eigenvalue weighted by Crippen LogP contribution is 2.27. The molecule has 1 atom stereocenters. The summed E-state index contributed by atoms with van der Waals surface area (Å²) in [6.07, 6.45) is 2.16. The Morgan fingerprint density at radius 3 is 2.25 bits per heavy atom. The molecule has 0 heterocycles. The van der Waals surface area contributed by atoms with Crippen LogP contribution >= 0.6 is 0 Å². The molecule has 20 heavy (non-hydrogen) atoms. The molecule has 0 spiro atoms. The van der Waals surface area contributed by atoms with Gasteiger partial charge >= 0.3 is 0 Å². The predicted molar refractivity (Wildman–Crippen MR) is 82.5 cm³/mol. The van der Waals surface area contributed by atoms with Gasteiger partial charge in [0, 0.05) is 0 Å². The van der Waals surface area contributed by atoms with Crippen molar-refractivity contribution in [1.29, 1.82) is 0 Å². The summed E-state index contributed by atoms with van der Waals surface area (Å²) in [5, 5.41) is 3.13. The van der Waals surface area contributed by atoms with Crippen molar-refractivity contribution in [2.24, 2.45) is 5.92 Å². The molecular weight excluding hydrogens is 250 g/mol. The first-order valence-corrected chi connectivity index (χ1v) is 7.54. The molecule has 0 saturated heterocycles. The van der Waals surface area contributed by atoms with Gasteiger partial charge in [0.2, 0.25) is 5.91 Å². The Bertz CT molecular complexity index is 385. The number of ether oxygens (including phenoxy) is 1. The number of rotatable bonds is 8. The monoisotopic (exact) mass is 277 g/mol. The fraction of sp³-hybridized carbons (Fsp3) is 0.588. The molecule has 1 aromatic carbocycles. The highest BCUT2D eigenvalue weighted by Gasteiger charge is 2.22. The number of carbonyl (C=O) groups is 1. The van der Waals surface area contributed by atoms with Crippen LogP contribution in [0.25, 0.3) is 0 Å². The smallest absolute Gasteiger partial charge is 0.246 e. The van der Waals surface area contributed by atoms with Crippen LogP contribution in [-0.2, 0) is 9.53 Å². The molecule has 1 unspecified atom stereocenters. The van der Waals surface area contributed by atoms with E-state index in [1.807, 2.05) is 32.0 Å². The molecule has 1 N–H and O–H groups in total. The van der Waals surface area contributed by atoms with Gasteiger partial charge in [-0.3, -0.25) is 4.79 Å². The first kappa shape index (κ1) is 16.7. The van der Waals surface area contributed by atoms with Gasteiger partial charge in [0.25, 0.3) is 0 Å². The Morgan fingerprint density at radius 1 is 1.15 bits per heavy atom. The molecule has 0 aliphatic carbocycles. The van der Waals surface area contributed by atoms with Crippen molar-refractivity contribution < 1.29 is 9.53 Å². The summed E-state index contributed by atoms with van der Waals surface area (Å²) < 4.78 is 5.38. The molecule has 0 aromatic heterocycles. The third-order valence-electron chi connectivity index (χ3n) is 3.54. The molecule has 0 aliphatic heterocycles. The van der Waals surface area contributed by atoms with E-state index in [0.717, 1.165) is 12.8 Å². The second-order valence-corrected chi connectivity index (χ2v) is 5.39. The van der Waals surface area contributed by atoms with Crippen LogP contribution in [0.2, 0.25) is 0 Å². The Balaban J connectivity index is 2.76. The number of amides is 1. The van der Waals surface area contributed by atoms with Crippen molar-refractivity contribution in [2.75, 3.05) is 6.61 Å². The van der Waals surface area contributed by atoms with Gasteiger partial charge < -0.3 is 10.1 Å². The predicted octanol–water partition coefficient (Wildman–Crippen LogP) is 3.71. The van der Waals surface area contributed by atoms with E-state index < -0.39 is 0 Å². The van der Waals surface area contributed by atoms with Crippen molar-refractivity contribution >= 4 is 5.91 Å². The SMILES string of the molecule is CCC(CC)C(NC(=O)COC(C)C)c1ccccc1. The van der Waals surface area contributed by atoms with E-state index in [-0.39, 0.29) is 24.7 Å². The Kier molecular flexibility index (Phi) is 7.31. The number of benzene rings is 1. The Hall–Kier alpha value is -1.35. The summed E-state index contributed by atoms with van der Waals surface area (Å²) >= 11 is 0. The molecule has 112 valence electrons. The quantitative estimate of drug-likeness (QED) is 0.786. The second kappa shape index (κ2) is 8.75. The first-order chi connectivity index (χ1) is 9.58. The molecule has 3 nitrogen and oxygen atoms in total. The highest BCUT2D eigenvalue weighted by molar-refractivity contribution is 5.77. The lowest BCUT2D eigenvalue weighted by Crippen LogP contribution is -2.36. The standard InChI is InChI=1S/C17H27NO2/c1-5-14(6-2)17(15-10-8-7-9-11-15)18-16(19)12-20-13(3)4/h7-11,13-14,17H,5-6,12H2,1-4H3,(H,18,19). The van der Waals surface area contributed by atoms with Gasteiger partial charge in [0.05, 0.1) is 12.1 Å². The maximum Gasteiger partial charge on any atom is 0.246 e. The van der Waals surface area contributed by atoms with Gasteiger partial charge in [-0.25, -0.2) is 0 Å². The molecule has 1 amide bonds. The van der Waals surface area contributed by atoms with Gasteiger partial charge in [-0.05, 0) is 25.3 Å². The third kappa shape index (κ3) is 5.33. The largest absolute Gasteiger partial charge is 0.369 e. The maximum atomic E-state index is 12.0.